The number of ether oxygens (including phenoxy) is 2. The molecule has 4 aromatic carbocycles. The van der Waals surface area contributed by atoms with Crippen LogP contribution in [-0.4, -0.2) is 23.8 Å². The minimum atomic E-state index is -0.521. The summed E-state index contributed by atoms with van der Waals surface area (Å²) in [4.78, 5) is 27.2. The van der Waals surface area contributed by atoms with Crippen molar-refractivity contribution in [2.24, 2.45) is 0 Å². The van der Waals surface area contributed by atoms with Crippen LogP contribution in [0.25, 0.3) is 10.8 Å². The van der Waals surface area contributed by atoms with Crippen LogP contribution in [0.2, 0.25) is 0 Å². The monoisotopic (exact) mass is 434 g/mol. The Morgan fingerprint density at radius 2 is 1.58 bits per heavy atom. The molecule has 6 rings (SSSR count). The third-order valence-corrected chi connectivity index (χ3v) is 6.36. The van der Waals surface area contributed by atoms with Gasteiger partial charge in [-0.3, -0.25) is 9.59 Å². The summed E-state index contributed by atoms with van der Waals surface area (Å²) in [6.07, 6.45) is 0. The number of allylic oxidation sites excluding steroid dienone is 2. The first-order valence-electron chi connectivity index (χ1n) is 10.6. The number of ketones is 2. The minimum absolute atomic E-state index is 0.0742. The van der Waals surface area contributed by atoms with Gasteiger partial charge in [0.05, 0.1) is 12.7 Å². The van der Waals surface area contributed by atoms with Gasteiger partial charge in [0.2, 0.25) is 5.78 Å². The Labute approximate surface area is 189 Å². The fourth-order valence-electron chi connectivity index (χ4n) is 4.83. The summed E-state index contributed by atoms with van der Waals surface area (Å²) in [6.45, 7) is 0. The Morgan fingerprint density at radius 1 is 0.848 bits per heavy atom. The summed E-state index contributed by atoms with van der Waals surface area (Å²) in [5.41, 5.74) is 2.69. The lowest BCUT2D eigenvalue weighted by atomic mass is 9.74. The first-order chi connectivity index (χ1) is 16.1. The summed E-state index contributed by atoms with van der Waals surface area (Å²) in [7, 11) is 1.60. The van der Waals surface area contributed by atoms with E-state index in [9.17, 15) is 14.7 Å². The molecular formula is C28H18O5. The molecule has 1 heterocycles. The summed E-state index contributed by atoms with van der Waals surface area (Å²) >= 11 is 0. The van der Waals surface area contributed by atoms with E-state index in [-0.39, 0.29) is 23.1 Å². The molecule has 0 spiro atoms. The summed E-state index contributed by atoms with van der Waals surface area (Å²) in [5, 5.41) is 11.7. The molecule has 2 aliphatic rings. The Bertz CT molecular complexity index is 1510. The van der Waals surface area contributed by atoms with Crippen molar-refractivity contribution in [3.63, 3.8) is 0 Å². The van der Waals surface area contributed by atoms with E-state index in [2.05, 4.69) is 0 Å². The highest BCUT2D eigenvalue weighted by atomic mass is 16.5. The zero-order chi connectivity index (χ0) is 22.7. The zero-order valence-corrected chi connectivity index (χ0v) is 17.7. The number of hydrogen-bond acceptors (Lipinski definition) is 5. The van der Waals surface area contributed by atoms with E-state index in [4.69, 9.17) is 9.47 Å². The summed E-state index contributed by atoms with van der Waals surface area (Å²) in [5.74, 6) is 0.404. The van der Waals surface area contributed by atoms with Gasteiger partial charge in [0, 0.05) is 22.6 Å². The molecule has 0 radical (unpaired) electrons. The van der Waals surface area contributed by atoms with Crippen molar-refractivity contribution >= 4 is 22.3 Å². The highest BCUT2D eigenvalue weighted by Crippen LogP contribution is 2.49. The quantitative estimate of drug-likeness (QED) is 0.457. The van der Waals surface area contributed by atoms with Gasteiger partial charge in [-0.15, -0.1) is 0 Å². The van der Waals surface area contributed by atoms with Gasteiger partial charge in [-0.2, -0.15) is 0 Å². The number of phenolic OH excluding ortho intramolecular Hbond substituents is 1. The number of carbonyl (C=O) groups excluding carboxylic acids is 2. The smallest absolute Gasteiger partial charge is 0.229 e. The number of methoxy groups -OCH3 is 1. The third kappa shape index (κ3) is 2.79. The molecule has 1 aliphatic heterocycles. The Hall–Kier alpha value is -4.38. The molecule has 1 atom stereocenters. The van der Waals surface area contributed by atoms with E-state index in [1.54, 1.807) is 49.6 Å². The van der Waals surface area contributed by atoms with Crippen LogP contribution in [-0.2, 0) is 0 Å². The lowest BCUT2D eigenvalue weighted by Gasteiger charge is -2.33. The van der Waals surface area contributed by atoms with Crippen LogP contribution in [0.1, 0.15) is 37.8 Å². The predicted molar refractivity (Wildman–Crippen MR) is 123 cm³/mol. The van der Waals surface area contributed by atoms with Crippen LogP contribution >= 0.6 is 0 Å². The SMILES string of the molecule is COc1ccc(C2C3=C(Oc4ccc5cc(O)ccc5c42)C(=O)c2ccccc2C3=O)cc1. The van der Waals surface area contributed by atoms with Crippen LogP contribution in [0, 0.1) is 0 Å². The molecule has 0 bridgehead atoms. The van der Waals surface area contributed by atoms with Crippen LogP contribution in [0.3, 0.4) is 0 Å². The van der Waals surface area contributed by atoms with Gasteiger partial charge in [-0.25, -0.2) is 0 Å². The lowest BCUT2D eigenvalue weighted by molar-refractivity contribution is 0.0927. The molecule has 160 valence electrons. The number of phenols is 1. The standard InChI is InChI=1S/C28H18O5/c1-32-18-10-6-15(7-11-18)23-24-19-12-9-17(29)14-16(19)8-13-22(24)33-28-25(23)26(30)20-4-2-3-5-21(20)27(28)31/h2-14,23,29H,1H3. The third-order valence-electron chi connectivity index (χ3n) is 6.36. The van der Waals surface area contributed by atoms with Crippen LogP contribution < -0.4 is 9.47 Å². The number of fused-ring (bicyclic) bond motifs is 4. The summed E-state index contributed by atoms with van der Waals surface area (Å²) < 4.78 is 11.4. The van der Waals surface area contributed by atoms with E-state index in [0.717, 1.165) is 21.9 Å². The number of benzene rings is 4. The minimum Gasteiger partial charge on any atom is -0.508 e. The lowest BCUT2D eigenvalue weighted by Crippen LogP contribution is -2.31. The van der Waals surface area contributed by atoms with E-state index >= 15 is 0 Å². The van der Waals surface area contributed by atoms with Gasteiger partial charge in [0.15, 0.2) is 11.5 Å². The average Bonchev–Trinajstić information content (AvgIpc) is 2.86. The second-order valence-electron chi connectivity index (χ2n) is 8.14. The maximum Gasteiger partial charge on any atom is 0.229 e. The van der Waals surface area contributed by atoms with Crippen molar-refractivity contribution in [3.05, 3.63) is 112 Å². The van der Waals surface area contributed by atoms with Crippen molar-refractivity contribution < 1.29 is 24.2 Å². The molecule has 0 amide bonds. The normalized spacial score (nSPS) is 16.7. The molecule has 1 aliphatic carbocycles. The second kappa shape index (κ2) is 7.07. The van der Waals surface area contributed by atoms with Gasteiger partial charge >= 0.3 is 0 Å². The number of aromatic hydroxyl groups is 1. The molecule has 5 nitrogen and oxygen atoms in total. The molecule has 4 aromatic rings. The molecule has 1 unspecified atom stereocenters. The Balaban J connectivity index is 1.67. The first kappa shape index (κ1) is 19.3. The topological polar surface area (TPSA) is 72.8 Å². The van der Waals surface area contributed by atoms with Crippen LogP contribution in [0.5, 0.6) is 17.2 Å². The van der Waals surface area contributed by atoms with Crippen LogP contribution in [0.15, 0.2) is 90.2 Å². The highest BCUT2D eigenvalue weighted by molar-refractivity contribution is 6.27. The summed E-state index contributed by atoms with van der Waals surface area (Å²) in [6, 6.07) is 23.1. The molecular weight excluding hydrogens is 416 g/mol. The largest absolute Gasteiger partial charge is 0.508 e. The van der Waals surface area contributed by atoms with Crippen molar-refractivity contribution in [1.82, 2.24) is 0 Å². The van der Waals surface area contributed by atoms with Gasteiger partial charge in [0.1, 0.15) is 17.2 Å². The van der Waals surface area contributed by atoms with Crippen molar-refractivity contribution in [3.8, 4) is 17.2 Å². The van der Waals surface area contributed by atoms with Gasteiger partial charge in [-0.1, -0.05) is 48.5 Å². The van der Waals surface area contributed by atoms with Crippen molar-refractivity contribution in [2.75, 3.05) is 7.11 Å². The fraction of sp³-hybridized carbons (Fsp3) is 0.0714. The van der Waals surface area contributed by atoms with Gasteiger partial charge in [-0.05, 0) is 46.7 Å². The molecule has 5 heteroatoms. The number of carbonyl (C=O) groups is 2. The maximum atomic E-state index is 13.7. The number of hydrogen-bond donors (Lipinski definition) is 1. The highest BCUT2D eigenvalue weighted by Gasteiger charge is 2.43. The molecule has 1 N–H and O–H groups in total. The molecule has 0 saturated heterocycles. The first-order valence-corrected chi connectivity index (χ1v) is 10.6. The second-order valence-corrected chi connectivity index (χ2v) is 8.14. The van der Waals surface area contributed by atoms with E-state index < -0.39 is 5.92 Å². The van der Waals surface area contributed by atoms with E-state index in [1.165, 1.54) is 0 Å². The van der Waals surface area contributed by atoms with E-state index in [1.807, 2.05) is 36.4 Å². The molecule has 0 fully saturated rings. The zero-order valence-electron chi connectivity index (χ0n) is 17.7. The molecule has 0 saturated carbocycles. The average molecular weight is 434 g/mol. The fourth-order valence-corrected chi connectivity index (χ4v) is 4.83. The Kier molecular flexibility index (Phi) is 4.14. The van der Waals surface area contributed by atoms with Gasteiger partial charge < -0.3 is 14.6 Å². The van der Waals surface area contributed by atoms with E-state index in [0.29, 0.717) is 28.2 Å². The van der Waals surface area contributed by atoms with Gasteiger partial charge in [0.25, 0.3) is 0 Å². The molecule has 33 heavy (non-hydrogen) atoms. The van der Waals surface area contributed by atoms with Crippen LogP contribution in [0.4, 0.5) is 0 Å². The predicted octanol–water partition coefficient (Wildman–Crippen LogP) is 5.41. The number of rotatable bonds is 2. The van der Waals surface area contributed by atoms with Crippen molar-refractivity contribution in [1.29, 1.82) is 0 Å². The number of Topliss-reactive ketones (excluding diaryl/α,β-unsaturated/α-hetero) is 2. The maximum absolute atomic E-state index is 13.7. The molecule has 0 aromatic heterocycles. The van der Waals surface area contributed by atoms with Crippen molar-refractivity contribution in [2.45, 2.75) is 5.92 Å². The Morgan fingerprint density at radius 3 is 2.30 bits per heavy atom.